The van der Waals surface area contributed by atoms with Crippen LogP contribution in [0.3, 0.4) is 0 Å². The van der Waals surface area contributed by atoms with Crippen molar-refractivity contribution in [2.45, 2.75) is 58.5 Å². The van der Waals surface area contributed by atoms with Crippen LogP contribution in [0.2, 0.25) is 0 Å². The average Bonchev–Trinajstić information content (AvgIpc) is 2.01. The summed E-state index contributed by atoms with van der Waals surface area (Å²) in [6, 6.07) is 0. The topological polar surface area (TPSA) is 37.3 Å². The van der Waals surface area contributed by atoms with Gasteiger partial charge in [-0.25, -0.2) is 0 Å². The van der Waals surface area contributed by atoms with Crippen LogP contribution in [0.25, 0.3) is 0 Å². The Morgan fingerprint density at radius 2 is 2.21 bits per heavy atom. The fourth-order valence-electron chi connectivity index (χ4n) is 2.87. The molecule has 1 aliphatic rings. The molecule has 1 aliphatic carbocycles. The number of carbonyl (C=O) groups is 1. The van der Waals surface area contributed by atoms with E-state index in [1.54, 1.807) is 13.8 Å². The van der Waals surface area contributed by atoms with Gasteiger partial charge in [-0.1, -0.05) is 19.8 Å². The van der Waals surface area contributed by atoms with Gasteiger partial charge in [0.05, 0.1) is 5.60 Å². The Hall–Kier alpha value is -0.370. The maximum atomic E-state index is 11.2. The molecule has 0 amide bonds. The lowest BCUT2D eigenvalue weighted by Crippen LogP contribution is -2.37. The van der Waals surface area contributed by atoms with Gasteiger partial charge in [-0.3, -0.25) is 0 Å². The van der Waals surface area contributed by atoms with E-state index in [1.165, 1.54) is 6.42 Å². The maximum Gasteiger partial charge on any atom is 0.126 e. The molecule has 0 saturated heterocycles. The summed E-state index contributed by atoms with van der Waals surface area (Å²) in [5, 5.41) is 9.79. The van der Waals surface area contributed by atoms with Crippen LogP contribution in [-0.2, 0) is 4.79 Å². The van der Waals surface area contributed by atoms with Gasteiger partial charge in [0.25, 0.3) is 0 Å². The third-order valence-corrected chi connectivity index (χ3v) is 3.16. The third-order valence-electron chi connectivity index (χ3n) is 3.16. The van der Waals surface area contributed by atoms with Gasteiger partial charge in [0, 0.05) is 5.41 Å². The summed E-state index contributed by atoms with van der Waals surface area (Å²) in [5.74, 6) is 0.622. The molecule has 1 rings (SSSR count). The Balaban J connectivity index is 2.70. The smallest absolute Gasteiger partial charge is 0.126 e. The van der Waals surface area contributed by atoms with Gasteiger partial charge in [0.15, 0.2) is 0 Å². The molecule has 14 heavy (non-hydrogen) atoms. The minimum absolute atomic E-state index is 0.254. The molecule has 2 heteroatoms. The highest BCUT2D eigenvalue weighted by Gasteiger charge is 2.38. The van der Waals surface area contributed by atoms with Crippen LogP contribution in [0, 0.1) is 11.3 Å². The summed E-state index contributed by atoms with van der Waals surface area (Å²) in [6.45, 7) is 5.77. The normalized spacial score (nSPS) is 34.1. The van der Waals surface area contributed by atoms with E-state index in [4.69, 9.17) is 0 Å². The van der Waals surface area contributed by atoms with Crippen LogP contribution in [-0.4, -0.2) is 17.0 Å². The van der Waals surface area contributed by atoms with Crippen molar-refractivity contribution in [1.82, 2.24) is 0 Å². The summed E-state index contributed by atoms with van der Waals surface area (Å²) in [7, 11) is 0. The zero-order valence-corrected chi connectivity index (χ0v) is 9.55. The summed E-state index contributed by atoms with van der Waals surface area (Å²) in [5.41, 5.74) is -0.978. The van der Waals surface area contributed by atoms with E-state index >= 15 is 0 Å². The van der Waals surface area contributed by atoms with Crippen molar-refractivity contribution in [1.29, 1.82) is 0 Å². The molecular weight excluding hydrogens is 176 g/mol. The first-order valence-corrected chi connectivity index (χ1v) is 5.56. The number of hydrogen-bond acceptors (Lipinski definition) is 2. The van der Waals surface area contributed by atoms with Crippen LogP contribution in [0.5, 0.6) is 0 Å². The zero-order valence-electron chi connectivity index (χ0n) is 9.55. The first-order chi connectivity index (χ1) is 6.37. The highest BCUT2D eigenvalue weighted by atomic mass is 16.3. The van der Waals surface area contributed by atoms with Gasteiger partial charge < -0.3 is 9.90 Å². The number of hydrogen-bond donors (Lipinski definition) is 1. The summed E-state index contributed by atoms with van der Waals surface area (Å²) in [6.07, 6.45) is 5.93. The van der Waals surface area contributed by atoms with Crippen molar-refractivity contribution in [2.24, 2.45) is 11.3 Å². The molecule has 1 fully saturated rings. The molecule has 0 bridgehead atoms. The van der Waals surface area contributed by atoms with Gasteiger partial charge >= 0.3 is 0 Å². The fraction of sp³-hybridized carbons (Fsp3) is 0.917. The second kappa shape index (κ2) is 4.01. The first kappa shape index (κ1) is 11.7. The summed E-state index contributed by atoms with van der Waals surface area (Å²) in [4.78, 5) is 11.2. The van der Waals surface area contributed by atoms with E-state index in [2.05, 4.69) is 6.92 Å². The van der Waals surface area contributed by atoms with E-state index in [9.17, 15) is 9.90 Å². The molecule has 2 unspecified atom stereocenters. The van der Waals surface area contributed by atoms with Gasteiger partial charge in [-0.15, -0.1) is 0 Å². The van der Waals surface area contributed by atoms with Crippen LogP contribution in [0.1, 0.15) is 52.9 Å². The van der Waals surface area contributed by atoms with E-state index < -0.39 is 5.60 Å². The highest BCUT2D eigenvalue weighted by molar-refractivity contribution is 5.59. The van der Waals surface area contributed by atoms with Crippen molar-refractivity contribution in [3.05, 3.63) is 0 Å². The zero-order chi connectivity index (χ0) is 10.8. The lowest BCUT2D eigenvalue weighted by atomic mass is 9.66. The van der Waals surface area contributed by atoms with Gasteiger partial charge in [-0.05, 0) is 39.0 Å². The number of aliphatic hydroxyl groups is 1. The summed E-state index contributed by atoms with van der Waals surface area (Å²) >= 11 is 0. The van der Waals surface area contributed by atoms with E-state index in [0.717, 1.165) is 25.5 Å². The second-order valence-electron chi connectivity index (χ2n) is 5.67. The number of carbonyl (C=O) groups excluding carboxylic acids is 1. The lowest BCUT2D eigenvalue weighted by Gasteiger charge is -2.39. The predicted octanol–water partition coefficient (Wildman–Crippen LogP) is 2.54. The number of rotatable bonds is 3. The number of aldehydes is 1. The van der Waals surface area contributed by atoms with Crippen molar-refractivity contribution < 1.29 is 9.90 Å². The van der Waals surface area contributed by atoms with Crippen LogP contribution in [0.4, 0.5) is 0 Å². The minimum Gasteiger partial charge on any atom is -0.390 e. The second-order valence-corrected chi connectivity index (χ2v) is 5.67. The van der Waals surface area contributed by atoms with Crippen molar-refractivity contribution in [3.8, 4) is 0 Å². The highest BCUT2D eigenvalue weighted by Crippen LogP contribution is 2.42. The minimum atomic E-state index is -0.724. The third kappa shape index (κ3) is 3.09. The van der Waals surface area contributed by atoms with Crippen LogP contribution < -0.4 is 0 Å². The van der Waals surface area contributed by atoms with Gasteiger partial charge in [-0.2, -0.15) is 0 Å². The van der Waals surface area contributed by atoms with Crippen molar-refractivity contribution >= 4 is 6.29 Å². The SMILES string of the molecule is CC1CCCC(C=O)(CC(C)(C)O)C1. The molecule has 0 aromatic rings. The Morgan fingerprint density at radius 1 is 1.57 bits per heavy atom. The molecule has 1 saturated carbocycles. The van der Waals surface area contributed by atoms with Crippen LogP contribution in [0.15, 0.2) is 0 Å². The molecule has 0 radical (unpaired) electrons. The van der Waals surface area contributed by atoms with Crippen molar-refractivity contribution in [2.75, 3.05) is 0 Å². The Morgan fingerprint density at radius 3 is 2.64 bits per heavy atom. The Bertz CT molecular complexity index is 205. The maximum absolute atomic E-state index is 11.2. The summed E-state index contributed by atoms with van der Waals surface area (Å²) < 4.78 is 0. The molecule has 0 aliphatic heterocycles. The molecule has 2 nitrogen and oxygen atoms in total. The van der Waals surface area contributed by atoms with E-state index in [-0.39, 0.29) is 5.41 Å². The van der Waals surface area contributed by atoms with Crippen molar-refractivity contribution in [3.63, 3.8) is 0 Å². The monoisotopic (exact) mass is 198 g/mol. The lowest BCUT2D eigenvalue weighted by molar-refractivity contribution is -0.123. The molecule has 0 spiro atoms. The average molecular weight is 198 g/mol. The quantitative estimate of drug-likeness (QED) is 0.708. The standard InChI is InChI=1S/C12H22O2/c1-10-5-4-6-12(7-10,9-13)8-11(2,3)14/h9-10,14H,4-8H2,1-3H3. The molecular formula is C12H22O2. The predicted molar refractivity (Wildman–Crippen MR) is 57.0 cm³/mol. The Labute approximate surface area is 86.7 Å². The Kier molecular flexibility index (Phi) is 3.36. The molecule has 1 N–H and O–H groups in total. The first-order valence-electron chi connectivity index (χ1n) is 5.56. The van der Waals surface area contributed by atoms with Crippen LogP contribution >= 0.6 is 0 Å². The van der Waals surface area contributed by atoms with E-state index in [0.29, 0.717) is 12.3 Å². The van der Waals surface area contributed by atoms with E-state index in [1.807, 2.05) is 0 Å². The molecule has 2 atom stereocenters. The van der Waals surface area contributed by atoms with Gasteiger partial charge in [0.2, 0.25) is 0 Å². The molecule has 0 aromatic carbocycles. The molecule has 0 aromatic heterocycles. The van der Waals surface area contributed by atoms with Gasteiger partial charge in [0.1, 0.15) is 6.29 Å². The molecule has 0 heterocycles. The fourth-order valence-corrected chi connectivity index (χ4v) is 2.87. The molecule has 82 valence electrons. The largest absolute Gasteiger partial charge is 0.390 e.